The van der Waals surface area contributed by atoms with E-state index in [1.165, 1.54) is 0 Å². The Morgan fingerprint density at radius 2 is 1.95 bits per heavy atom. The Labute approximate surface area is 133 Å². The number of carbonyl (C=O) groups excluding carboxylic acids is 1. The molecule has 114 valence electrons. The smallest absolute Gasteiger partial charge is 0.311 e. The molecule has 5 heteroatoms. The lowest BCUT2D eigenvalue weighted by atomic mass is 9.74. The highest BCUT2D eigenvalue weighted by Gasteiger charge is 2.39. The van der Waals surface area contributed by atoms with Crippen molar-refractivity contribution >= 4 is 27.8 Å². The molecule has 0 bridgehead atoms. The summed E-state index contributed by atoms with van der Waals surface area (Å²) in [4.78, 5) is 23.9. The number of nitrogens with one attached hydrogen (secondary N) is 1. The van der Waals surface area contributed by atoms with Gasteiger partial charge < -0.3 is 10.4 Å². The van der Waals surface area contributed by atoms with Gasteiger partial charge in [-0.1, -0.05) is 31.4 Å². The van der Waals surface area contributed by atoms with Gasteiger partial charge in [0, 0.05) is 11.0 Å². The molecule has 0 unspecified atom stereocenters. The first-order valence-corrected chi connectivity index (χ1v) is 8.02. The molecule has 1 aromatic carbocycles. The van der Waals surface area contributed by atoms with Crippen LogP contribution in [-0.2, 0) is 4.79 Å². The van der Waals surface area contributed by atoms with Crippen molar-refractivity contribution in [3.8, 4) is 0 Å². The van der Waals surface area contributed by atoms with Gasteiger partial charge in [0.15, 0.2) is 0 Å². The van der Waals surface area contributed by atoms with Gasteiger partial charge >= 0.3 is 5.97 Å². The standard InChI is InChI=1S/C16H20BrNO3/c1-11-6-5-7-12(13(11)17)14(19)18-10-16(15(20)21)8-3-2-4-9-16/h5-7H,2-4,8-10H2,1H3,(H,18,19)(H,20,21). The van der Waals surface area contributed by atoms with Crippen molar-refractivity contribution in [3.05, 3.63) is 33.8 Å². The minimum Gasteiger partial charge on any atom is -0.481 e. The minimum atomic E-state index is -0.801. The number of benzene rings is 1. The number of halogens is 1. The number of carboxylic acid groups (broad SMARTS) is 1. The second-order valence-electron chi connectivity index (χ2n) is 5.77. The van der Waals surface area contributed by atoms with Crippen LogP contribution in [0.15, 0.2) is 22.7 Å². The number of carboxylic acids is 1. The zero-order valence-electron chi connectivity index (χ0n) is 12.1. The van der Waals surface area contributed by atoms with E-state index in [9.17, 15) is 14.7 Å². The Morgan fingerprint density at radius 1 is 1.29 bits per heavy atom. The van der Waals surface area contributed by atoms with Gasteiger partial charge in [0.1, 0.15) is 0 Å². The van der Waals surface area contributed by atoms with Crippen LogP contribution in [-0.4, -0.2) is 23.5 Å². The van der Waals surface area contributed by atoms with Crippen molar-refractivity contribution in [2.45, 2.75) is 39.0 Å². The van der Waals surface area contributed by atoms with Gasteiger partial charge in [-0.05, 0) is 47.3 Å². The van der Waals surface area contributed by atoms with Gasteiger partial charge in [-0.15, -0.1) is 0 Å². The van der Waals surface area contributed by atoms with Crippen LogP contribution in [0, 0.1) is 12.3 Å². The van der Waals surface area contributed by atoms with E-state index in [0.717, 1.165) is 29.3 Å². The SMILES string of the molecule is Cc1cccc(C(=O)NCC2(C(=O)O)CCCCC2)c1Br. The second kappa shape index (κ2) is 6.60. The topological polar surface area (TPSA) is 66.4 Å². The van der Waals surface area contributed by atoms with Crippen molar-refractivity contribution in [1.82, 2.24) is 5.32 Å². The number of rotatable bonds is 4. The van der Waals surface area contributed by atoms with Crippen molar-refractivity contribution in [2.24, 2.45) is 5.41 Å². The van der Waals surface area contributed by atoms with Crippen LogP contribution in [0.3, 0.4) is 0 Å². The summed E-state index contributed by atoms with van der Waals surface area (Å²) >= 11 is 3.41. The van der Waals surface area contributed by atoms with Crippen LogP contribution in [0.4, 0.5) is 0 Å². The summed E-state index contributed by atoms with van der Waals surface area (Å²) < 4.78 is 0.760. The summed E-state index contributed by atoms with van der Waals surface area (Å²) in [5.74, 6) is -1.03. The maximum atomic E-state index is 12.3. The molecule has 0 saturated heterocycles. The minimum absolute atomic E-state index is 0.196. The summed E-state index contributed by atoms with van der Waals surface area (Å²) in [6.45, 7) is 2.11. The third-order valence-electron chi connectivity index (χ3n) is 4.29. The van der Waals surface area contributed by atoms with E-state index in [4.69, 9.17) is 0 Å². The summed E-state index contributed by atoms with van der Waals surface area (Å²) in [6.07, 6.45) is 4.17. The molecule has 21 heavy (non-hydrogen) atoms. The number of aryl methyl sites for hydroxylation is 1. The van der Waals surface area contributed by atoms with Gasteiger partial charge in [-0.3, -0.25) is 9.59 Å². The molecular formula is C16H20BrNO3. The molecule has 1 aliphatic rings. The van der Waals surface area contributed by atoms with E-state index < -0.39 is 11.4 Å². The predicted octanol–water partition coefficient (Wildman–Crippen LogP) is 3.52. The highest BCUT2D eigenvalue weighted by atomic mass is 79.9. The van der Waals surface area contributed by atoms with E-state index in [2.05, 4.69) is 21.2 Å². The lowest BCUT2D eigenvalue weighted by molar-refractivity contribution is -0.150. The average molecular weight is 354 g/mol. The maximum Gasteiger partial charge on any atom is 0.311 e. The van der Waals surface area contributed by atoms with Gasteiger partial charge in [0.2, 0.25) is 0 Å². The third-order valence-corrected chi connectivity index (χ3v) is 5.34. The van der Waals surface area contributed by atoms with Gasteiger partial charge in [-0.2, -0.15) is 0 Å². The molecule has 2 rings (SSSR count). The van der Waals surface area contributed by atoms with Crippen LogP contribution in [0.25, 0.3) is 0 Å². The van der Waals surface area contributed by atoms with Gasteiger partial charge in [-0.25, -0.2) is 0 Å². The Balaban J connectivity index is 2.09. The highest BCUT2D eigenvalue weighted by molar-refractivity contribution is 9.10. The van der Waals surface area contributed by atoms with Crippen molar-refractivity contribution in [2.75, 3.05) is 6.54 Å². The Morgan fingerprint density at radius 3 is 2.57 bits per heavy atom. The molecule has 0 spiro atoms. The molecule has 0 atom stereocenters. The van der Waals surface area contributed by atoms with Crippen molar-refractivity contribution in [1.29, 1.82) is 0 Å². The molecule has 0 radical (unpaired) electrons. The van der Waals surface area contributed by atoms with Crippen molar-refractivity contribution in [3.63, 3.8) is 0 Å². The van der Waals surface area contributed by atoms with Crippen LogP contribution in [0.1, 0.15) is 48.0 Å². The summed E-state index contributed by atoms with van der Waals surface area (Å²) in [5.41, 5.74) is 0.726. The molecular weight excluding hydrogens is 334 g/mol. The predicted molar refractivity (Wildman–Crippen MR) is 84.4 cm³/mol. The lowest BCUT2D eigenvalue weighted by Crippen LogP contribution is -2.44. The first-order chi connectivity index (χ1) is 9.96. The maximum absolute atomic E-state index is 12.3. The Kier molecular flexibility index (Phi) is 5.04. The molecule has 0 heterocycles. The molecule has 1 aliphatic carbocycles. The number of aliphatic carboxylic acids is 1. The highest BCUT2D eigenvalue weighted by Crippen LogP contribution is 2.36. The Hall–Kier alpha value is -1.36. The molecule has 0 aliphatic heterocycles. The first kappa shape index (κ1) is 16.0. The van der Waals surface area contributed by atoms with E-state index >= 15 is 0 Å². The molecule has 0 aromatic heterocycles. The van der Waals surface area contributed by atoms with E-state index in [1.54, 1.807) is 6.07 Å². The summed E-state index contributed by atoms with van der Waals surface area (Å²) in [5, 5.41) is 12.3. The number of amides is 1. The molecule has 1 aromatic rings. The van der Waals surface area contributed by atoms with Crippen LogP contribution in [0.5, 0.6) is 0 Å². The van der Waals surface area contributed by atoms with Crippen LogP contribution in [0.2, 0.25) is 0 Å². The molecule has 4 nitrogen and oxygen atoms in total. The zero-order chi connectivity index (χ0) is 15.5. The largest absolute Gasteiger partial charge is 0.481 e. The number of carbonyl (C=O) groups is 2. The third kappa shape index (κ3) is 3.46. The quantitative estimate of drug-likeness (QED) is 0.869. The number of hydrogen-bond acceptors (Lipinski definition) is 2. The molecule has 2 N–H and O–H groups in total. The van der Waals surface area contributed by atoms with Gasteiger partial charge in [0.25, 0.3) is 5.91 Å². The fourth-order valence-electron chi connectivity index (χ4n) is 2.86. The molecule has 1 fully saturated rings. The van der Waals surface area contributed by atoms with Crippen LogP contribution >= 0.6 is 15.9 Å². The average Bonchev–Trinajstić information content (AvgIpc) is 2.48. The zero-order valence-corrected chi connectivity index (χ0v) is 13.7. The van der Waals surface area contributed by atoms with E-state index in [1.807, 2.05) is 19.1 Å². The summed E-state index contributed by atoms with van der Waals surface area (Å²) in [6, 6.07) is 5.48. The fraction of sp³-hybridized carbons (Fsp3) is 0.500. The Bertz CT molecular complexity index is 550. The first-order valence-electron chi connectivity index (χ1n) is 7.23. The van der Waals surface area contributed by atoms with Crippen LogP contribution < -0.4 is 5.32 Å². The summed E-state index contributed by atoms with van der Waals surface area (Å²) in [7, 11) is 0. The van der Waals surface area contributed by atoms with E-state index in [0.29, 0.717) is 18.4 Å². The normalized spacial score (nSPS) is 17.2. The molecule has 1 amide bonds. The second-order valence-corrected chi connectivity index (χ2v) is 6.56. The lowest BCUT2D eigenvalue weighted by Gasteiger charge is -2.33. The fourth-order valence-corrected chi connectivity index (χ4v) is 3.31. The van der Waals surface area contributed by atoms with E-state index in [-0.39, 0.29) is 12.5 Å². The van der Waals surface area contributed by atoms with Gasteiger partial charge in [0.05, 0.1) is 11.0 Å². The number of hydrogen-bond donors (Lipinski definition) is 2. The molecule has 1 saturated carbocycles. The van der Waals surface area contributed by atoms with Crippen molar-refractivity contribution < 1.29 is 14.7 Å². The monoisotopic (exact) mass is 353 g/mol.